The molecule has 2 saturated heterocycles. The molecule has 8 heteroatoms. The highest BCUT2D eigenvalue weighted by atomic mass is 32.1. The predicted molar refractivity (Wildman–Crippen MR) is 115 cm³/mol. The first-order valence-corrected chi connectivity index (χ1v) is 11.3. The average Bonchev–Trinajstić information content (AvgIpc) is 3.22. The van der Waals surface area contributed by atoms with Crippen LogP contribution in [0, 0.1) is 11.6 Å². The van der Waals surface area contributed by atoms with E-state index in [1.165, 1.54) is 23.5 Å². The minimum Gasteiger partial charge on any atom is -0.431 e. The lowest BCUT2D eigenvalue weighted by Gasteiger charge is -2.39. The van der Waals surface area contributed by atoms with Crippen molar-refractivity contribution in [2.45, 2.75) is 57.3 Å². The van der Waals surface area contributed by atoms with Crippen LogP contribution in [0.2, 0.25) is 0 Å². The van der Waals surface area contributed by atoms with Crippen molar-refractivity contribution in [3.63, 3.8) is 0 Å². The molecular weight excluding hydrogens is 420 g/mol. The first-order chi connectivity index (χ1) is 15.0. The largest absolute Gasteiger partial charge is 0.431 e. The molecule has 0 unspecified atom stereocenters. The van der Waals surface area contributed by atoms with Crippen LogP contribution < -0.4 is 10.1 Å². The second kappa shape index (κ2) is 8.16. The van der Waals surface area contributed by atoms with Gasteiger partial charge >= 0.3 is 0 Å². The van der Waals surface area contributed by atoms with Gasteiger partial charge in [-0.3, -0.25) is 9.69 Å². The number of nitrogens with zero attached hydrogens (tertiary/aromatic N) is 2. The van der Waals surface area contributed by atoms with Crippen molar-refractivity contribution in [3.05, 3.63) is 53.6 Å². The summed E-state index contributed by atoms with van der Waals surface area (Å²) in [5.41, 5.74) is 0.885. The highest BCUT2D eigenvalue weighted by Gasteiger charge is 2.40. The van der Waals surface area contributed by atoms with Gasteiger partial charge in [-0.05, 0) is 43.9 Å². The van der Waals surface area contributed by atoms with E-state index in [9.17, 15) is 13.6 Å². The van der Waals surface area contributed by atoms with Gasteiger partial charge in [-0.1, -0.05) is 23.5 Å². The van der Waals surface area contributed by atoms with Crippen LogP contribution in [0.3, 0.4) is 0 Å². The summed E-state index contributed by atoms with van der Waals surface area (Å²) in [6.07, 6.45) is 3.98. The van der Waals surface area contributed by atoms with Crippen molar-refractivity contribution < 1.29 is 18.3 Å². The Balaban J connectivity index is 1.28. The van der Waals surface area contributed by atoms with Gasteiger partial charge in [0.05, 0.1) is 4.70 Å². The molecule has 5 rings (SSSR count). The van der Waals surface area contributed by atoms with Gasteiger partial charge in [0, 0.05) is 43.2 Å². The highest BCUT2D eigenvalue weighted by Crippen LogP contribution is 2.38. The molecule has 0 radical (unpaired) electrons. The molecule has 1 aromatic heterocycles. The topological polar surface area (TPSA) is 54.5 Å². The zero-order chi connectivity index (χ0) is 21.5. The zero-order valence-electron chi connectivity index (χ0n) is 17.1. The number of hydrogen-bond donors (Lipinski definition) is 1. The standard InChI is InChI=1S/C23H23F2N3O2S/c1-13(29)26-15-9-16-6-7-17(10-15)28(16)12-14-5-8-18(11-20(14)25)30-23-27-22-19(24)3-2-4-21(22)31-23/h2-5,8,11,15-17H,6-7,9-10,12H2,1H3,(H,26,29)/t15-,16+,17-. The van der Waals surface area contributed by atoms with E-state index in [4.69, 9.17) is 4.74 Å². The lowest BCUT2D eigenvalue weighted by Crippen LogP contribution is -2.49. The van der Waals surface area contributed by atoms with Crippen LogP contribution in [0.5, 0.6) is 10.9 Å². The third-order valence-electron chi connectivity index (χ3n) is 6.22. The number of amides is 1. The number of hydrogen-bond acceptors (Lipinski definition) is 5. The lowest BCUT2D eigenvalue weighted by molar-refractivity contribution is -0.120. The monoisotopic (exact) mass is 443 g/mol. The number of piperidine rings is 1. The molecule has 3 atom stereocenters. The minimum atomic E-state index is -0.401. The van der Waals surface area contributed by atoms with Gasteiger partial charge in [0.2, 0.25) is 5.91 Å². The van der Waals surface area contributed by atoms with Crippen LogP contribution in [0.4, 0.5) is 8.78 Å². The number of benzene rings is 2. The molecule has 2 aliphatic rings. The second-order valence-electron chi connectivity index (χ2n) is 8.35. The predicted octanol–water partition coefficient (Wildman–Crippen LogP) is 5.00. The van der Waals surface area contributed by atoms with Gasteiger partial charge in [0.15, 0.2) is 0 Å². The number of para-hydroxylation sites is 1. The normalized spacial score (nSPS) is 23.3. The first kappa shape index (κ1) is 20.3. The SMILES string of the molecule is CC(=O)N[C@H]1C[C@H]2CC[C@@H](C1)N2Cc1ccc(Oc2nc3c(F)cccc3s2)cc1F. The summed E-state index contributed by atoms with van der Waals surface area (Å²) in [6, 6.07) is 10.5. The van der Waals surface area contributed by atoms with Crippen molar-refractivity contribution in [1.82, 2.24) is 15.2 Å². The number of halogens is 2. The van der Waals surface area contributed by atoms with E-state index in [0.29, 0.717) is 34.6 Å². The molecule has 0 spiro atoms. The van der Waals surface area contributed by atoms with E-state index < -0.39 is 5.82 Å². The maximum Gasteiger partial charge on any atom is 0.279 e. The summed E-state index contributed by atoms with van der Waals surface area (Å²) in [5.74, 6) is -0.376. The van der Waals surface area contributed by atoms with E-state index in [2.05, 4.69) is 15.2 Å². The summed E-state index contributed by atoms with van der Waals surface area (Å²) < 4.78 is 35.1. The molecule has 3 aromatic rings. The summed E-state index contributed by atoms with van der Waals surface area (Å²) >= 11 is 1.22. The smallest absolute Gasteiger partial charge is 0.279 e. The van der Waals surface area contributed by atoms with E-state index in [1.807, 2.05) is 0 Å². The maximum absolute atomic E-state index is 14.9. The second-order valence-corrected chi connectivity index (χ2v) is 9.34. The maximum atomic E-state index is 14.9. The van der Waals surface area contributed by atoms with Crippen molar-refractivity contribution in [1.29, 1.82) is 0 Å². The molecule has 2 fully saturated rings. The Kier molecular flexibility index (Phi) is 5.35. The quantitative estimate of drug-likeness (QED) is 0.603. The molecular formula is C23H23F2N3O2S. The molecule has 5 nitrogen and oxygen atoms in total. The van der Waals surface area contributed by atoms with Crippen LogP contribution in [0.25, 0.3) is 10.2 Å². The van der Waals surface area contributed by atoms with Crippen LogP contribution in [-0.4, -0.2) is 33.9 Å². The third kappa shape index (κ3) is 4.14. The summed E-state index contributed by atoms with van der Waals surface area (Å²) in [5, 5.41) is 3.32. The number of thiazole rings is 1. The molecule has 2 bridgehead atoms. The minimum absolute atomic E-state index is 0.00958. The molecule has 2 aromatic carbocycles. The van der Waals surface area contributed by atoms with Gasteiger partial charge in [-0.2, -0.15) is 4.98 Å². The molecule has 2 aliphatic heterocycles. The number of ether oxygens (including phenoxy) is 1. The molecule has 3 heterocycles. The lowest BCUT2D eigenvalue weighted by atomic mass is 9.96. The fraction of sp³-hybridized carbons (Fsp3) is 0.391. The number of rotatable bonds is 5. The van der Waals surface area contributed by atoms with Crippen molar-refractivity contribution in [2.75, 3.05) is 0 Å². The van der Waals surface area contributed by atoms with E-state index >= 15 is 0 Å². The Morgan fingerprint density at radius 3 is 2.65 bits per heavy atom. The number of carbonyl (C=O) groups is 1. The molecule has 0 aliphatic carbocycles. The Morgan fingerprint density at radius 2 is 1.97 bits per heavy atom. The molecule has 1 amide bonds. The summed E-state index contributed by atoms with van der Waals surface area (Å²) in [4.78, 5) is 17.9. The van der Waals surface area contributed by atoms with Crippen LogP contribution in [0.15, 0.2) is 36.4 Å². The van der Waals surface area contributed by atoms with Crippen LogP contribution in [-0.2, 0) is 11.3 Å². The third-order valence-corrected chi connectivity index (χ3v) is 7.12. The average molecular weight is 444 g/mol. The molecule has 1 N–H and O–H groups in total. The summed E-state index contributed by atoms with van der Waals surface area (Å²) in [6.45, 7) is 2.10. The number of carbonyl (C=O) groups excluding carboxylic acids is 1. The van der Waals surface area contributed by atoms with Gasteiger partial charge in [0.1, 0.15) is 22.9 Å². The molecule has 31 heavy (non-hydrogen) atoms. The Bertz CT molecular complexity index is 1120. The fourth-order valence-electron chi connectivity index (χ4n) is 4.89. The van der Waals surface area contributed by atoms with E-state index in [-0.39, 0.29) is 28.5 Å². The molecule has 162 valence electrons. The Hall–Kier alpha value is -2.58. The highest BCUT2D eigenvalue weighted by molar-refractivity contribution is 7.20. The number of aromatic nitrogens is 1. The van der Waals surface area contributed by atoms with Gasteiger partial charge in [-0.25, -0.2) is 8.78 Å². The van der Waals surface area contributed by atoms with Gasteiger partial charge in [-0.15, -0.1) is 0 Å². The Labute approximate surface area is 183 Å². The van der Waals surface area contributed by atoms with Crippen molar-refractivity contribution in [3.8, 4) is 10.9 Å². The molecule has 0 saturated carbocycles. The fourth-order valence-corrected chi connectivity index (χ4v) is 5.74. The summed E-state index contributed by atoms with van der Waals surface area (Å²) in [7, 11) is 0. The number of nitrogens with one attached hydrogen (secondary N) is 1. The first-order valence-electron chi connectivity index (χ1n) is 10.5. The van der Waals surface area contributed by atoms with Crippen LogP contribution in [0.1, 0.15) is 38.2 Å². The van der Waals surface area contributed by atoms with Crippen molar-refractivity contribution >= 4 is 27.5 Å². The van der Waals surface area contributed by atoms with Crippen LogP contribution >= 0.6 is 11.3 Å². The van der Waals surface area contributed by atoms with E-state index in [0.717, 1.165) is 25.7 Å². The van der Waals surface area contributed by atoms with Gasteiger partial charge in [0.25, 0.3) is 5.19 Å². The Morgan fingerprint density at radius 1 is 1.19 bits per heavy atom. The van der Waals surface area contributed by atoms with Gasteiger partial charge < -0.3 is 10.1 Å². The van der Waals surface area contributed by atoms with E-state index in [1.54, 1.807) is 31.2 Å². The van der Waals surface area contributed by atoms with Crippen molar-refractivity contribution in [2.24, 2.45) is 0 Å². The zero-order valence-corrected chi connectivity index (χ0v) is 17.9. The number of fused-ring (bicyclic) bond motifs is 3.